The summed E-state index contributed by atoms with van der Waals surface area (Å²) in [6, 6.07) is 25.6. The van der Waals surface area contributed by atoms with Gasteiger partial charge in [0.1, 0.15) is 16.8 Å². The fourth-order valence-corrected chi connectivity index (χ4v) is 11.9. The van der Waals surface area contributed by atoms with Crippen molar-refractivity contribution >= 4 is 127 Å². The van der Waals surface area contributed by atoms with Crippen molar-refractivity contribution in [2.75, 3.05) is 0 Å². The Balaban J connectivity index is 1.33. The molecule has 10 aromatic rings. The Morgan fingerprint density at radius 2 is 1.20 bits per heavy atom. The van der Waals surface area contributed by atoms with Crippen LogP contribution in [0.3, 0.4) is 0 Å². The van der Waals surface area contributed by atoms with Gasteiger partial charge in [-0.1, -0.05) is 18.2 Å². The summed E-state index contributed by atoms with van der Waals surface area (Å²) in [6.45, 7) is 4.27. The minimum absolute atomic E-state index is 0.263. The molecule has 1 N–H and O–H groups in total. The highest BCUT2D eigenvalue weighted by atomic mass is 32.1. The van der Waals surface area contributed by atoms with Crippen LogP contribution in [0.4, 0.5) is 0 Å². The first-order chi connectivity index (χ1) is 20.0. The minimum atomic E-state index is 0.263. The maximum Gasteiger partial charge on any atom is 0.171 e. The molecular weight excluding hydrogens is 583 g/mol. The second kappa shape index (κ2) is 7.69. The number of hydrogen-bond donors (Lipinski definition) is 1. The molecule has 6 heterocycles. The second-order valence-corrected chi connectivity index (χ2v) is 15.1. The largest absolute Gasteiger partial charge is 0.508 e. The molecule has 0 aliphatic carbocycles. The van der Waals surface area contributed by atoms with Gasteiger partial charge in [0.15, 0.2) is 5.58 Å². The van der Waals surface area contributed by atoms with Gasteiger partial charge in [0, 0.05) is 41.3 Å². The van der Waals surface area contributed by atoms with Crippen LogP contribution in [0.1, 0.15) is 11.1 Å². The molecule has 0 radical (unpaired) electrons. The lowest BCUT2D eigenvalue weighted by Gasteiger charge is -2.07. The predicted molar refractivity (Wildman–Crippen MR) is 181 cm³/mol. The van der Waals surface area contributed by atoms with Gasteiger partial charge in [-0.2, -0.15) is 0 Å². The van der Waals surface area contributed by atoms with Crippen LogP contribution in [0, 0.1) is 13.8 Å². The Labute approximate surface area is 248 Å². The standard InChI is InChI=1S/C34H19NO2S4/c1-15-3-9-19-23(11-15)37-29-27(19)35(17-5-7-18(36)8-6-17)28-21-13-26-22(14-25(21)38-32(28)29)31-34(40-26)33-30(41-31)20-10-4-16(2)12-24(20)39-33/h3-14,36H,1-2H3. The number of benzene rings is 4. The van der Waals surface area contributed by atoms with Gasteiger partial charge in [0.25, 0.3) is 0 Å². The molecule has 4 aromatic carbocycles. The normalized spacial score (nSPS) is 12.7. The van der Waals surface area contributed by atoms with Crippen molar-refractivity contribution in [2.24, 2.45) is 0 Å². The number of phenols is 1. The van der Waals surface area contributed by atoms with Crippen molar-refractivity contribution in [3.8, 4) is 11.4 Å². The van der Waals surface area contributed by atoms with Gasteiger partial charge in [0.05, 0.1) is 29.0 Å². The summed E-state index contributed by atoms with van der Waals surface area (Å²) >= 11 is 7.61. The van der Waals surface area contributed by atoms with Gasteiger partial charge in [-0.15, -0.1) is 45.3 Å². The summed E-state index contributed by atoms with van der Waals surface area (Å²) in [4.78, 5) is 0. The Morgan fingerprint density at radius 3 is 2.00 bits per heavy atom. The van der Waals surface area contributed by atoms with Crippen molar-refractivity contribution < 1.29 is 9.52 Å². The van der Waals surface area contributed by atoms with Crippen LogP contribution in [0.15, 0.2) is 77.2 Å². The molecule has 0 bridgehead atoms. The topological polar surface area (TPSA) is 38.3 Å². The monoisotopic (exact) mass is 601 g/mol. The number of phenolic OH excluding ortho intramolecular Hbond substituents is 1. The molecule has 10 rings (SSSR count). The van der Waals surface area contributed by atoms with Crippen molar-refractivity contribution in [3.63, 3.8) is 0 Å². The number of rotatable bonds is 1. The van der Waals surface area contributed by atoms with Gasteiger partial charge in [0.2, 0.25) is 0 Å². The fraction of sp³-hybridized carbons (Fsp3) is 0.0588. The summed E-state index contributed by atoms with van der Waals surface area (Å²) in [5.74, 6) is 0.263. The van der Waals surface area contributed by atoms with Crippen LogP contribution >= 0.6 is 45.3 Å². The maximum absolute atomic E-state index is 10.1. The van der Waals surface area contributed by atoms with E-state index >= 15 is 0 Å². The molecule has 0 aliphatic heterocycles. The van der Waals surface area contributed by atoms with Crippen molar-refractivity contribution in [1.29, 1.82) is 0 Å². The van der Waals surface area contributed by atoms with E-state index in [1.165, 1.54) is 70.4 Å². The number of aromatic hydroxyl groups is 1. The Hall–Kier alpha value is -3.88. The van der Waals surface area contributed by atoms with E-state index in [1.54, 1.807) is 12.1 Å². The molecule has 3 nitrogen and oxygen atoms in total. The molecule has 0 spiro atoms. The highest BCUT2D eigenvalue weighted by Crippen LogP contribution is 2.53. The zero-order valence-corrected chi connectivity index (χ0v) is 25.1. The van der Waals surface area contributed by atoms with Crippen LogP contribution in [0.5, 0.6) is 5.75 Å². The molecule has 7 heteroatoms. The van der Waals surface area contributed by atoms with E-state index in [2.05, 4.69) is 66.9 Å². The number of hydrogen-bond acceptors (Lipinski definition) is 6. The summed E-state index contributed by atoms with van der Waals surface area (Å²) in [5, 5.41) is 15.1. The number of aryl methyl sites for hydroxylation is 2. The van der Waals surface area contributed by atoms with E-state index < -0.39 is 0 Å². The molecule has 0 aliphatic rings. The van der Waals surface area contributed by atoms with E-state index in [4.69, 9.17) is 4.42 Å². The lowest BCUT2D eigenvalue weighted by Crippen LogP contribution is -1.93. The van der Waals surface area contributed by atoms with Crippen LogP contribution in [0.2, 0.25) is 0 Å². The fourth-order valence-electron chi connectivity index (χ4n) is 6.35. The zero-order chi connectivity index (χ0) is 27.1. The average Bonchev–Trinajstić information content (AvgIpc) is 3.76. The van der Waals surface area contributed by atoms with Crippen LogP contribution in [-0.2, 0) is 0 Å². The van der Waals surface area contributed by atoms with Crippen LogP contribution in [0.25, 0.3) is 87.0 Å². The third kappa shape index (κ3) is 2.91. The van der Waals surface area contributed by atoms with Crippen molar-refractivity contribution in [2.45, 2.75) is 13.8 Å². The van der Waals surface area contributed by atoms with E-state index in [0.29, 0.717) is 0 Å². The van der Waals surface area contributed by atoms with Gasteiger partial charge >= 0.3 is 0 Å². The maximum atomic E-state index is 10.1. The molecule has 0 fully saturated rings. The smallest absolute Gasteiger partial charge is 0.171 e. The van der Waals surface area contributed by atoms with Crippen molar-refractivity contribution in [1.82, 2.24) is 4.57 Å². The highest BCUT2D eigenvalue weighted by Gasteiger charge is 2.25. The molecule has 0 atom stereocenters. The number of nitrogens with zero attached hydrogens (tertiary/aromatic N) is 1. The van der Waals surface area contributed by atoms with Crippen LogP contribution in [-0.4, -0.2) is 9.67 Å². The summed E-state index contributed by atoms with van der Waals surface area (Å²) in [7, 11) is 0. The number of fused-ring (bicyclic) bond motifs is 14. The molecule has 0 saturated heterocycles. The van der Waals surface area contributed by atoms with Gasteiger partial charge < -0.3 is 14.1 Å². The van der Waals surface area contributed by atoms with E-state index in [9.17, 15) is 5.11 Å². The molecular formula is C34H19NO2S4. The molecule has 0 saturated carbocycles. The summed E-state index contributed by atoms with van der Waals surface area (Å²) in [6.07, 6.45) is 0. The highest BCUT2D eigenvalue weighted by molar-refractivity contribution is 7.43. The summed E-state index contributed by atoms with van der Waals surface area (Å²) in [5.41, 5.74) is 7.61. The molecule has 0 unspecified atom stereocenters. The third-order valence-corrected chi connectivity index (χ3v) is 13.3. The average molecular weight is 602 g/mol. The van der Waals surface area contributed by atoms with E-state index in [0.717, 1.165) is 27.8 Å². The van der Waals surface area contributed by atoms with E-state index in [-0.39, 0.29) is 5.75 Å². The third-order valence-electron chi connectivity index (χ3n) is 8.22. The quantitative estimate of drug-likeness (QED) is 0.203. The number of thiophene rings is 4. The lowest BCUT2D eigenvalue weighted by atomic mass is 10.2. The van der Waals surface area contributed by atoms with Crippen LogP contribution < -0.4 is 0 Å². The summed E-state index contributed by atoms with van der Waals surface area (Å²) < 4.78 is 19.7. The Kier molecular flexibility index (Phi) is 4.27. The minimum Gasteiger partial charge on any atom is -0.508 e. The zero-order valence-electron chi connectivity index (χ0n) is 21.9. The van der Waals surface area contributed by atoms with Gasteiger partial charge in [-0.3, -0.25) is 0 Å². The first kappa shape index (κ1) is 22.8. The Morgan fingerprint density at radius 1 is 0.561 bits per heavy atom. The molecule has 6 aromatic heterocycles. The lowest BCUT2D eigenvalue weighted by molar-refractivity contribution is 0.475. The predicted octanol–water partition coefficient (Wildman–Crippen LogP) is 11.9. The van der Waals surface area contributed by atoms with Gasteiger partial charge in [-0.05, 0) is 79.6 Å². The SMILES string of the molecule is Cc1ccc2c(c1)oc1c3sc4cc5c(cc4c3n(-c3ccc(O)cc3)c21)sc1c5sc2c3ccc(C)cc3sc21. The van der Waals surface area contributed by atoms with Gasteiger partial charge in [-0.25, -0.2) is 0 Å². The Bertz CT molecular complexity index is 2720. The molecule has 196 valence electrons. The molecule has 41 heavy (non-hydrogen) atoms. The number of aromatic nitrogens is 1. The number of furan rings is 1. The first-order valence-electron chi connectivity index (χ1n) is 13.4. The van der Waals surface area contributed by atoms with Crippen molar-refractivity contribution in [3.05, 3.63) is 83.9 Å². The molecule has 0 amide bonds. The second-order valence-electron chi connectivity index (χ2n) is 10.9. The first-order valence-corrected chi connectivity index (χ1v) is 16.7. The van der Waals surface area contributed by atoms with E-state index in [1.807, 2.05) is 57.5 Å².